The van der Waals surface area contributed by atoms with Gasteiger partial charge in [-0.1, -0.05) is 26.0 Å². The average molecular weight is 258 g/mol. The van der Waals surface area contributed by atoms with Gasteiger partial charge in [-0.25, -0.2) is 4.39 Å². The minimum atomic E-state index is -0.287. The lowest BCUT2D eigenvalue weighted by atomic mass is 10.1. The van der Waals surface area contributed by atoms with Crippen LogP contribution in [0.4, 0.5) is 4.39 Å². The maximum absolute atomic E-state index is 13.0. The molecule has 17 heavy (non-hydrogen) atoms. The monoisotopic (exact) mass is 257 g/mol. The van der Waals surface area contributed by atoms with Crippen LogP contribution in [0.5, 0.6) is 0 Å². The van der Waals surface area contributed by atoms with Gasteiger partial charge in [0.1, 0.15) is 11.7 Å². The number of carbonyl (C=O) groups excluding carboxylic acids is 1. The molecule has 0 bridgehead atoms. The predicted molar refractivity (Wildman–Crippen MR) is 67.4 cm³/mol. The van der Waals surface area contributed by atoms with Crippen LogP contribution in [0.3, 0.4) is 0 Å². The number of benzene rings is 1. The van der Waals surface area contributed by atoms with Crippen LogP contribution in [0.25, 0.3) is 0 Å². The number of hydrogen-bond acceptors (Lipinski definition) is 1. The zero-order chi connectivity index (χ0) is 12.8. The molecule has 0 radical (unpaired) electrons. The summed E-state index contributed by atoms with van der Waals surface area (Å²) in [6.45, 7) is 5.09. The molecule has 0 aliphatic rings. The van der Waals surface area contributed by atoms with Crippen LogP contribution in [0.15, 0.2) is 24.3 Å². The molecule has 0 aliphatic heterocycles. The molecule has 0 N–H and O–H groups in total. The molecule has 1 aromatic carbocycles. The zero-order valence-corrected chi connectivity index (χ0v) is 10.9. The van der Waals surface area contributed by atoms with Crippen molar-refractivity contribution in [1.82, 2.24) is 4.90 Å². The van der Waals surface area contributed by atoms with Crippen LogP contribution in [0, 0.1) is 11.7 Å². The molecule has 0 spiro atoms. The molecule has 0 atom stereocenters. The van der Waals surface area contributed by atoms with Crippen LogP contribution in [-0.2, 0) is 11.3 Å². The summed E-state index contributed by atoms with van der Waals surface area (Å²) in [4.78, 5) is 13.3. The van der Waals surface area contributed by atoms with Crippen molar-refractivity contribution in [3.63, 3.8) is 0 Å². The van der Waals surface area contributed by atoms with E-state index >= 15 is 0 Å². The van der Waals surface area contributed by atoms with Crippen LogP contribution >= 0.6 is 11.6 Å². The molecule has 0 aliphatic carbocycles. The molecule has 0 fully saturated rings. The molecule has 4 heteroatoms. The standard InChI is InChI=1S/C13H17ClFNO/c1-10(2)8-16(13(17)7-14)9-11-4-3-5-12(15)6-11/h3-6,10H,7-9H2,1-2H3. The van der Waals surface area contributed by atoms with E-state index < -0.39 is 0 Å². The van der Waals surface area contributed by atoms with E-state index in [4.69, 9.17) is 11.6 Å². The minimum Gasteiger partial charge on any atom is -0.337 e. The van der Waals surface area contributed by atoms with E-state index in [0.29, 0.717) is 19.0 Å². The van der Waals surface area contributed by atoms with Gasteiger partial charge in [-0.3, -0.25) is 4.79 Å². The van der Waals surface area contributed by atoms with E-state index in [0.717, 1.165) is 5.56 Å². The maximum Gasteiger partial charge on any atom is 0.237 e. The highest BCUT2D eigenvalue weighted by molar-refractivity contribution is 6.27. The van der Waals surface area contributed by atoms with Crippen LogP contribution in [0.1, 0.15) is 19.4 Å². The van der Waals surface area contributed by atoms with Crippen molar-refractivity contribution in [3.8, 4) is 0 Å². The summed E-state index contributed by atoms with van der Waals surface area (Å²) in [5.74, 6) is -0.0899. The first-order chi connectivity index (χ1) is 8.02. The van der Waals surface area contributed by atoms with Crippen LogP contribution in [-0.4, -0.2) is 23.2 Å². The summed E-state index contributed by atoms with van der Waals surface area (Å²) in [5.41, 5.74) is 0.782. The summed E-state index contributed by atoms with van der Waals surface area (Å²) in [6, 6.07) is 6.27. The van der Waals surface area contributed by atoms with E-state index in [9.17, 15) is 9.18 Å². The number of carbonyl (C=O) groups is 1. The summed E-state index contributed by atoms with van der Waals surface area (Å²) in [5, 5.41) is 0. The first kappa shape index (κ1) is 14.0. The summed E-state index contributed by atoms with van der Waals surface area (Å²) < 4.78 is 13.0. The Balaban J connectivity index is 2.75. The molecular weight excluding hydrogens is 241 g/mol. The van der Waals surface area contributed by atoms with E-state index in [1.165, 1.54) is 12.1 Å². The lowest BCUT2D eigenvalue weighted by Crippen LogP contribution is -2.34. The van der Waals surface area contributed by atoms with Crippen molar-refractivity contribution in [2.75, 3.05) is 12.4 Å². The highest BCUT2D eigenvalue weighted by Gasteiger charge is 2.14. The van der Waals surface area contributed by atoms with Gasteiger partial charge in [0, 0.05) is 13.1 Å². The smallest absolute Gasteiger partial charge is 0.237 e. The molecule has 1 amide bonds. The van der Waals surface area contributed by atoms with E-state index in [2.05, 4.69) is 0 Å². The SMILES string of the molecule is CC(C)CN(Cc1cccc(F)c1)C(=O)CCl. The van der Waals surface area contributed by atoms with Crippen LogP contribution < -0.4 is 0 Å². The van der Waals surface area contributed by atoms with Gasteiger partial charge in [-0.05, 0) is 23.6 Å². The molecule has 0 saturated heterocycles. The van der Waals surface area contributed by atoms with Crippen molar-refractivity contribution < 1.29 is 9.18 Å². The summed E-state index contributed by atoms with van der Waals surface area (Å²) in [7, 11) is 0. The summed E-state index contributed by atoms with van der Waals surface area (Å²) in [6.07, 6.45) is 0. The molecule has 2 nitrogen and oxygen atoms in total. The third kappa shape index (κ3) is 4.73. The third-order valence-electron chi connectivity index (χ3n) is 2.32. The highest BCUT2D eigenvalue weighted by atomic mass is 35.5. The van der Waals surface area contributed by atoms with E-state index in [1.807, 2.05) is 13.8 Å². The molecule has 1 aromatic rings. The van der Waals surface area contributed by atoms with Gasteiger partial charge < -0.3 is 4.90 Å². The van der Waals surface area contributed by atoms with Crippen molar-refractivity contribution in [1.29, 1.82) is 0 Å². The Kier molecular flexibility index (Phi) is 5.42. The molecule has 1 rings (SSSR count). The number of halogens is 2. The number of alkyl halides is 1. The lowest BCUT2D eigenvalue weighted by Gasteiger charge is -2.24. The number of amides is 1. The van der Waals surface area contributed by atoms with Gasteiger partial charge in [-0.15, -0.1) is 11.6 Å². The Labute approximate surface area is 106 Å². The van der Waals surface area contributed by atoms with Crippen molar-refractivity contribution in [3.05, 3.63) is 35.6 Å². The molecular formula is C13H17ClFNO. The number of rotatable bonds is 5. The number of hydrogen-bond donors (Lipinski definition) is 0. The second kappa shape index (κ2) is 6.60. The van der Waals surface area contributed by atoms with Crippen molar-refractivity contribution in [2.24, 2.45) is 5.92 Å². The molecule has 0 aromatic heterocycles. The van der Waals surface area contributed by atoms with Gasteiger partial charge >= 0.3 is 0 Å². The van der Waals surface area contributed by atoms with Crippen molar-refractivity contribution in [2.45, 2.75) is 20.4 Å². The lowest BCUT2D eigenvalue weighted by molar-refractivity contribution is -0.129. The predicted octanol–water partition coefficient (Wildman–Crippen LogP) is 3.05. The Morgan fingerprint density at radius 2 is 2.18 bits per heavy atom. The highest BCUT2D eigenvalue weighted by Crippen LogP contribution is 2.10. The molecule has 0 heterocycles. The second-order valence-corrected chi connectivity index (χ2v) is 4.70. The fraction of sp³-hybridized carbons (Fsp3) is 0.462. The van der Waals surface area contributed by atoms with Crippen LogP contribution in [0.2, 0.25) is 0 Å². The topological polar surface area (TPSA) is 20.3 Å². The van der Waals surface area contributed by atoms with E-state index in [-0.39, 0.29) is 17.6 Å². The molecule has 0 unspecified atom stereocenters. The maximum atomic E-state index is 13.0. The Bertz CT molecular complexity index is 381. The fourth-order valence-electron chi connectivity index (χ4n) is 1.64. The second-order valence-electron chi connectivity index (χ2n) is 4.43. The van der Waals surface area contributed by atoms with Gasteiger partial charge in [0.25, 0.3) is 0 Å². The van der Waals surface area contributed by atoms with Gasteiger partial charge in [0.05, 0.1) is 0 Å². The first-order valence-electron chi connectivity index (χ1n) is 5.61. The molecule has 0 saturated carbocycles. The minimum absolute atomic E-state index is 0.0396. The quantitative estimate of drug-likeness (QED) is 0.743. The Morgan fingerprint density at radius 3 is 2.71 bits per heavy atom. The molecule has 94 valence electrons. The Morgan fingerprint density at radius 1 is 1.47 bits per heavy atom. The largest absolute Gasteiger partial charge is 0.337 e. The third-order valence-corrected chi connectivity index (χ3v) is 2.54. The van der Waals surface area contributed by atoms with Gasteiger partial charge in [-0.2, -0.15) is 0 Å². The summed E-state index contributed by atoms with van der Waals surface area (Å²) >= 11 is 5.56. The normalized spacial score (nSPS) is 10.6. The average Bonchev–Trinajstić information content (AvgIpc) is 2.26. The van der Waals surface area contributed by atoms with Crippen molar-refractivity contribution >= 4 is 17.5 Å². The van der Waals surface area contributed by atoms with Gasteiger partial charge in [0.15, 0.2) is 0 Å². The van der Waals surface area contributed by atoms with E-state index in [1.54, 1.807) is 17.0 Å². The zero-order valence-electron chi connectivity index (χ0n) is 10.1. The fourth-order valence-corrected chi connectivity index (χ4v) is 1.80. The number of nitrogens with zero attached hydrogens (tertiary/aromatic N) is 1. The van der Waals surface area contributed by atoms with Gasteiger partial charge in [0.2, 0.25) is 5.91 Å². The Hall–Kier alpha value is -1.09. The first-order valence-corrected chi connectivity index (χ1v) is 6.14.